The lowest BCUT2D eigenvalue weighted by molar-refractivity contribution is 0.0993. The van der Waals surface area contributed by atoms with E-state index in [4.69, 9.17) is 25.0 Å². The molecule has 4 aromatic heterocycles. The van der Waals surface area contributed by atoms with Crippen molar-refractivity contribution in [3.05, 3.63) is 83.1 Å². The maximum absolute atomic E-state index is 13.3. The predicted molar refractivity (Wildman–Crippen MR) is 120 cm³/mol. The van der Waals surface area contributed by atoms with Gasteiger partial charge in [0.2, 0.25) is 0 Å². The normalized spacial score (nSPS) is 11.0. The number of pyridine rings is 1. The summed E-state index contributed by atoms with van der Waals surface area (Å²) >= 11 is 6.11. The highest BCUT2D eigenvalue weighted by atomic mass is 35.5. The molecule has 9 nitrogen and oxygen atoms in total. The summed E-state index contributed by atoms with van der Waals surface area (Å²) in [6.07, 6.45) is 2.90. The van der Waals surface area contributed by atoms with Crippen LogP contribution in [0.15, 0.2) is 74.4 Å². The number of fused-ring (bicyclic) bond motifs is 1. The van der Waals surface area contributed by atoms with Crippen molar-refractivity contribution in [2.45, 2.75) is 6.92 Å². The quantitative estimate of drug-likeness (QED) is 0.351. The zero-order valence-electron chi connectivity index (χ0n) is 17.1. The minimum atomic E-state index is -0.487. The van der Waals surface area contributed by atoms with Crippen LogP contribution in [0.2, 0.25) is 5.02 Å². The van der Waals surface area contributed by atoms with E-state index >= 15 is 0 Å². The summed E-state index contributed by atoms with van der Waals surface area (Å²) in [4.78, 5) is 30.2. The molecule has 2 N–H and O–H groups in total. The molecule has 0 radical (unpaired) electrons. The van der Waals surface area contributed by atoms with Crippen LogP contribution in [0.25, 0.3) is 22.6 Å². The number of rotatable bonds is 5. The Morgan fingerprint density at radius 1 is 0.939 bits per heavy atom. The molecule has 33 heavy (non-hydrogen) atoms. The van der Waals surface area contributed by atoms with Gasteiger partial charge in [-0.25, -0.2) is 4.98 Å². The minimum absolute atomic E-state index is 0.117. The van der Waals surface area contributed by atoms with E-state index in [1.807, 2.05) is 0 Å². The molecule has 0 saturated carbocycles. The maximum Gasteiger partial charge on any atom is 0.291 e. The van der Waals surface area contributed by atoms with Gasteiger partial charge in [0.25, 0.3) is 17.5 Å². The molecule has 10 heteroatoms. The Kier molecular flexibility index (Phi) is 5.15. The molecule has 0 fully saturated rings. The van der Waals surface area contributed by atoms with Gasteiger partial charge in [-0.1, -0.05) is 16.8 Å². The first-order chi connectivity index (χ1) is 16.0. The number of aromatic nitrogens is 2. The van der Waals surface area contributed by atoms with E-state index in [9.17, 15) is 9.59 Å². The number of amides is 2. The summed E-state index contributed by atoms with van der Waals surface area (Å²) in [6, 6.07) is 12.9. The Morgan fingerprint density at radius 2 is 1.73 bits per heavy atom. The molecule has 5 rings (SSSR count). The Hall–Kier alpha value is -4.37. The Morgan fingerprint density at radius 3 is 2.48 bits per heavy atom. The number of benzene rings is 1. The molecule has 0 aliphatic heterocycles. The highest BCUT2D eigenvalue weighted by molar-refractivity contribution is 6.31. The summed E-state index contributed by atoms with van der Waals surface area (Å²) in [5, 5.41) is 10.3. The molecule has 0 aliphatic rings. The van der Waals surface area contributed by atoms with Gasteiger partial charge in [-0.05, 0) is 55.5 Å². The van der Waals surface area contributed by atoms with Gasteiger partial charge in [-0.2, -0.15) is 0 Å². The van der Waals surface area contributed by atoms with Crippen molar-refractivity contribution in [1.82, 2.24) is 10.1 Å². The lowest BCUT2D eigenvalue weighted by Gasteiger charge is -2.13. The number of hydrogen-bond acceptors (Lipinski definition) is 7. The van der Waals surface area contributed by atoms with E-state index in [0.717, 1.165) is 0 Å². The van der Waals surface area contributed by atoms with Crippen LogP contribution in [0.3, 0.4) is 0 Å². The largest absolute Gasteiger partial charge is 0.463 e. The molecular formula is C23H15ClN4O5. The molecule has 5 aromatic rings. The summed E-state index contributed by atoms with van der Waals surface area (Å²) in [5.41, 5.74) is 2.04. The number of halogens is 1. The van der Waals surface area contributed by atoms with Crippen LogP contribution in [0.4, 0.5) is 11.4 Å². The van der Waals surface area contributed by atoms with E-state index in [0.29, 0.717) is 38.9 Å². The number of nitrogens with zero attached hydrogens (tertiary/aromatic N) is 2. The minimum Gasteiger partial charge on any atom is -0.463 e. The summed E-state index contributed by atoms with van der Waals surface area (Å²) in [7, 11) is 0. The second-order valence-corrected chi connectivity index (χ2v) is 7.49. The van der Waals surface area contributed by atoms with Crippen LogP contribution in [-0.4, -0.2) is 22.0 Å². The van der Waals surface area contributed by atoms with Crippen LogP contribution >= 0.6 is 11.6 Å². The van der Waals surface area contributed by atoms with Crippen LogP contribution in [0.5, 0.6) is 0 Å². The van der Waals surface area contributed by atoms with Crippen molar-refractivity contribution >= 4 is 45.9 Å². The van der Waals surface area contributed by atoms with E-state index in [1.54, 1.807) is 43.3 Å². The molecular weight excluding hydrogens is 448 g/mol. The van der Waals surface area contributed by atoms with E-state index < -0.39 is 11.8 Å². The molecule has 0 saturated heterocycles. The molecule has 164 valence electrons. The number of hydrogen-bond donors (Lipinski definition) is 2. The smallest absolute Gasteiger partial charge is 0.291 e. The predicted octanol–water partition coefficient (Wildman–Crippen LogP) is 5.54. The lowest BCUT2D eigenvalue weighted by atomic mass is 10.1. The number of furan rings is 2. The maximum atomic E-state index is 13.3. The second kappa shape index (κ2) is 8.29. The van der Waals surface area contributed by atoms with E-state index in [2.05, 4.69) is 20.8 Å². The van der Waals surface area contributed by atoms with Crippen molar-refractivity contribution < 1.29 is 22.9 Å². The van der Waals surface area contributed by atoms with Crippen LogP contribution in [0, 0.1) is 6.92 Å². The zero-order chi connectivity index (χ0) is 22.9. The van der Waals surface area contributed by atoms with Crippen LogP contribution < -0.4 is 10.6 Å². The number of carbonyl (C=O) groups is 2. The second-order valence-electron chi connectivity index (χ2n) is 7.06. The van der Waals surface area contributed by atoms with Crippen LogP contribution in [0.1, 0.15) is 26.6 Å². The summed E-state index contributed by atoms with van der Waals surface area (Å²) in [6.45, 7) is 1.72. The molecule has 0 unspecified atom stereocenters. The molecule has 1 aromatic carbocycles. The molecule has 2 amide bonds. The van der Waals surface area contributed by atoms with Crippen molar-refractivity contribution in [2.24, 2.45) is 0 Å². The first-order valence-electron chi connectivity index (χ1n) is 9.76. The third-order valence-corrected chi connectivity index (χ3v) is 5.09. The fraction of sp³-hybridized carbons (Fsp3) is 0.0435. The Labute approximate surface area is 191 Å². The van der Waals surface area contributed by atoms with Gasteiger partial charge in [-0.15, -0.1) is 0 Å². The monoisotopic (exact) mass is 462 g/mol. The van der Waals surface area contributed by atoms with Crippen molar-refractivity contribution in [3.8, 4) is 11.5 Å². The molecule has 0 bridgehead atoms. The standard InChI is InChI=1S/C23H15ClN4O5/c1-12-20-14(11-17(18-4-2-8-31-18)27-23(20)33-28-12)21(29)25-15-7-6-13(24)10-16(15)26-22(30)19-5-3-9-32-19/h2-11H,1H3,(H,25,29)(H,26,30). The number of nitrogens with one attached hydrogen (secondary N) is 2. The topological polar surface area (TPSA) is 123 Å². The van der Waals surface area contributed by atoms with Gasteiger partial charge in [0, 0.05) is 5.02 Å². The summed E-state index contributed by atoms with van der Waals surface area (Å²) in [5.74, 6) is -0.361. The average molecular weight is 463 g/mol. The van der Waals surface area contributed by atoms with Crippen molar-refractivity contribution in [1.29, 1.82) is 0 Å². The third-order valence-electron chi connectivity index (χ3n) is 4.86. The Balaban J connectivity index is 1.51. The van der Waals surface area contributed by atoms with Crippen molar-refractivity contribution in [2.75, 3.05) is 10.6 Å². The van der Waals surface area contributed by atoms with Gasteiger partial charge in [0.05, 0.1) is 40.5 Å². The highest BCUT2D eigenvalue weighted by Crippen LogP contribution is 2.30. The first-order valence-corrected chi connectivity index (χ1v) is 10.1. The average Bonchev–Trinajstić information content (AvgIpc) is 3.57. The lowest BCUT2D eigenvalue weighted by Crippen LogP contribution is -2.17. The van der Waals surface area contributed by atoms with E-state index in [-0.39, 0.29) is 17.0 Å². The summed E-state index contributed by atoms with van der Waals surface area (Å²) < 4.78 is 15.8. The number of aryl methyl sites for hydroxylation is 1. The van der Waals surface area contributed by atoms with Gasteiger partial charge in [-0.3, -0.25) is 9.59 Å². The fourth-order valence-corrected chi connectivity index (χ4v) is 3.51. The Bertz CT molecular complexity index is 1470. The van der Waals surface area contributed by atoms with Crippen molar-refractivity contribution in [3.63, 3.8) is 0 Å². The van der Waals surface area contributed by atoms with Gasteiger partial charge < -0.3 is 24.0 Å². The van der Waals surface area contributed by atoms with Gasteiger partial charge >= 0.3 is 0 Å². The number of carbonyl (C=O) groups excluding carboxylic acids is 2. The SMILES string of the molecule is Cc1noc2nc(-c3ccco3)cc(C(=O)Nc3ccc(Cl)cc3NC(=O)c3ccco3)c12. The van der Waals surface area contributed by atoms with Gasteiger partial charge in [0.15, 0.2) is 11.5 Å². The van der Waals surface area contributed by atoms with Gasteiger partial charge in [0.1, 0.15) is 5.69 Å². The highest BCUT2D eigenvalue weighted by Gasteiger charge is 2.21. The fourth-order valence-electron chi connectivity index (χ4n) is 3.33. The number of anilines is 2. The van der Waals surface area contributed by atoms with E-state index in [1.165, 1.54) is 24.7 Å². The zero-order valence-corrected chi connectivity index (χ0v) is 17.8. The first kappa shape index (κ1) is 20.5. The molecule has 0 atom stereocenters. The van der Waals surface area contributed by atoms with Crippen LogP contribution in [-0.2, 0) is 0 Å². The molecule has 0 spiro atoms. The third kappa shape index (κ3) is 3.97. The molecule has 4 heterocycles. The molecule has 0 aliphatic carbocycles.